The molecule has 0 bridgehead atoms. The molecule has 1 amide bonds. The number of hydrogen-bond donors (Lipinski definition) is 3. The lowest BCUT2D eigenvalue weighted by molar-refractivity contribution is 0.0946. The molecule has 0 atom stereocenters. The molecule has 0 saturated carbocycles. The van der Waals surface area contributed by atoms with E-state index in [1.165, 1.54) is 11.1 Å². The summed E-state index contributed by atoms with van der Waals surface area (Å²) in [6.07, 6.45) is 4.09. The lowest BCUT2D eigenvalue weighted by atomic mass is 9.98. The van der Waals surface area contributed by atoms with E-state index in [-0.39, 0.29) is 5.91 Å². The number of aromatic nitrogens is 1. The Morgan fingerprint density at radius 3 is 2.58 bits per heavy atom. The van der Waals surface area contributed by atoms with Gasteiger partial charge in [-0.2, -0.15) is 0 Å². The third-order valence-electron chi connectivity index (χ3n) is 5.32. The van der Waals surface area contributed by atoms with Crippen molar-refractivity contribution in [3.8, 4) is 11.1 Å². The van der Waals surface area contributed by atoms with Gasteiger partial charge in [-0.05, 0) is 56.0 Å². The minimum atomic E-state index is 0.0119. The molecular formula is C22H25N3O. The summed E-state index contributed by atoms with van der Waals surface area (Å²) in [6.45, 7) is 4.95. The highest BCUT2D eigenvalue weighted by atomic mass is 16.1. The number of benzene rings is 2. The Kier molecular flexibility index (Phi) is 4.76. The average molecular weight is 347 g/mol. The first-order chi connectivity index (χ1) is 12.7. The van der Waals surface area contributed by atoms with Crippen LogP contribution in [0.25, 0.3) is 22.0 Å². The molecule has 1 fully saturated rings. The predicted octanol–water partition coefficient (Wildman–Crippen LogP) is 3.87. The molecule has 4 nitrogen and oxygen atoms in total. The molecule has 1 aliphatic heterocycles. The summed E-state index contributed by atoms with van der Waals surface area (Å²) in [5.41, 5.74) is 5.31. The highest BCUT2D eigenvalue weighted by Gasteiger charge is 2.16. The molecule has 2 aromatic carbocycles. The molecule has 0 unspecified atom stereocenters. The van der Waals surface area contributed by atoms with Crippen molar-refractivity contribution in [2.24, 2.45) is 5.92 Å². The van der Waals surface area contributed by atoms with Crippen LogP contribution in [0.2, 0.25) is 0 Å². The van der Waals surface area contributed by atoms with Crippen LogP contribution in [0.3, 0.4) is 0 Å². The van der Waals surface area contributed by atoms with Crippen LogP contribution in [-0.2, 0) is 0 Å². The Morgan fingerprint density at radius 2 is 1.81 bits per heavy atom. The van der Waals surface area contributed by atoms with Gasteiger partial charge in [-0.25, -0.2) is 0 Å². The van der Waals surface area contributed by atoms with E-state index in [4.69, 9.17) is 0 Å². The number of carbonyl (C=O) groups is 1. The monoisotopic (exact) mass is 347 g/mol. The number of hydrogen-bond acceptors (Lipinski definition) is 2. The minimum absolute atomic E-state index is 0.0119. The van der Waals surface area contributed by atoms with Crippen LogP contribution in [0.4, 0.5) is 0 Å². The summed E-state index contributed by atoms with van der Waals surface area (Å²) in [5, 5.41) is 7.45. The average Bonchev–Trinajstić information content (AvgIpc) is 3.11. The first kappa shape index (κ1) is 16.9. The standard InChI is InChI=1S/C22H25N3O/c1-15-2-4-17(5-3-15)18-6-7-19-20(14-24-21(19)12-18)22(26)25-13-16-8-10-23-11-9-16/h2-7,12,14,16,23-24H,8-11,13H2,1H3,(H,25,26). The van der Waals surface area contributed by atoms with Crippen LogP contribution in [0, 0.1) is 12.8 Å². The molecule has 1 aromatic heterocycles. The molecule has 1 saturated heterocycles. The molecule has 1 aliphatic rings. The molecule has 0 spiro atoms. The quantitative estimate of drug-likeness (QED) is 0.671. The lowest BCUT2D eigenvalue weighted by Gasteiger charge is -2.22. The van der Waals surface area contributed by atoms with Crippen molar-refractivity contribution in [1.29, 1.82) is 0 Å². The van der Waals surface area contributed by atoms with Crippen molar-refractivity contribution in [2.45, 2.75) is 19.8 Å². The summed E-state index contributed by atoms with van der Waals surface area (Å²) in [5.74, 6) is 0.594. The van der Waals surface area contributed by atoms with Crippen molar-refractivity contribution >= 4 is 16.8 Å². The van der Waals surface area contributed by atoms with Crippen LogP contribution in [0.15, 0.2) is 48.7 Å². The minimum Gasteiger partial charge on any atom is -0.360 e. The largest absolute Gasteiger partial charge is 0.360 e. The summed E-state index contributed by atoms with van der Waals surface area (Å²) in [6, 6.07) is 14.7. The molecule has 26 heavy (non-hydrogen) atoms. The highest BCUT2D eigenvalue weighted by Crippen LogP contribution is 2.26. The molecule has 4 heteroatoms. The van der Waals surface area contributed by atoms with Gasteiger partial charge >= 0.3 is 0 Å². The Bertz CT molecular complexity index is 905. The van der Waals surface area contributed by atoms with Crippen molar-refractivity contribution in [1.82, 2.24) is 15.6 Å². The normalized spacial score (nSPS) is 15.3. The summed E-state index contributed by atoms with van der Waals surface area (Å²) < 4.78 is 0. The maximum Gasteiger partial charge on any atom is 0.253 e. The van der Waals surface area contributed by atoms with E-state index in [9.17, 15) is 4.79 Å². The van der Waals surface area contributed by atoms with E-state index in [0.717, 1.165) is 54.5 Å². The van der Waals surface area contributed by atoms with Gasteiger partial charge < -0.3 is 15.6 Å². The van der Waals surface area contributed by atoms with Gasteiger partial charge in [0.1, 0.15) is 0 Å². The second kappa shape index (κ2) is 7.34. The smallest absolute Gasteiger partial charge is 0.253 e. The van der Waals surface area contributed by atoms with Crippen molar-refractivity contribution in [3.05, 3.63) is 59.8 Å². The van der Waals surface area contributed by atoms with Gasteiger partial charge in [0, 0.05) is 23.6 Å². The second-order valence-corrected chi connectivity index (χ2v) is 7.23. The third kappa shape index (κ3) is 3.51. The number of carbonyl (C=O) groups excluding carboxylic acids is 1. The molecule has 3 aromatic rings. The maximum absolute atomic E-state index is 12.6. The van der Waals surface area contributed by atoms with Gasteiger partial charge in [-0.15, -0.1) is 0 Å². The fourth-order valence-electron chi connectivity index (χ4n) is 3.66. The molecular weight excluding hydrogens is 322 g/mol. The fraction of sp³-hybridized carbons (Fsp3) is 0.318. The van der Waals surface area contributed by atoms with E-state index >= 15 is 0 Å². The lowest BCUT2D eigenvalue weighted by Crippen LogP contribution is -2.35. The Labute approximate surface area is 154 Å². The second-order valence-electron chi connectivity index (χ2n) is 7.23. The van der Waals surface area contributed by atoms with Crippen molar-refractivity contribution in [3.63, 3.8) is 0 Å². The zero-order chi connectivity index (χ0) is 17.9. The number of aryl methyl sites for hydroxylation is 1. The molecule has 3 N–H and O–H groups in total. The van der Waals surface area contributed by atoms with Gasteiger partial charge in [0.25, 0.3) is 5.91 Å². The fourth-order valence-corrected chi connectivity index (χ4v) is 3.66. The SMILES string of the molecule is Cc1ccc(-c2ccc3c(C(=O)NCC4CCNCC4)c[nH]c3c2)cc1. The first-order valence-electron chi connectivity index (χ1n) is 9.38. The van der Waals surface area contributed by atoms with Gasteiger partial charge in [0.2, 0.25) is 0 Å². The van der Waals surface area contributed by atoms with Crippen LogP contribution < -0.4 is 10.6 Å². The van der Waals surface area contributed by atoms with Crippen molar-refractivity contribution in [2.75, 3.05) is 19.6 Å². The molecule has 4 rings (SSSR count). The van der Waals surface area contributed by atoms with E-state index in [0.29, 0.717) is 5.92 Å². The number of amides is 1. The Balaban J connectivity index is 1.51. The third-order valence-corrected chi connectivity index (χ3v) is 5.32. The van der Waals surface area contributed by atoms with E-state index in [1.54, 1.807) is 0 Å². The molecule has 0 radical (unpaired) electrons. The van der Waals surface area contributed by atoms with E-state index < -0.39 is 0 Å². The van der Waals surface area contributed by atoms with Gasteiger partial charge in [0.15, 0.2) is 0 Å². The van der Waals surface area contributed by atoms with Crippen LogP contribution in [0.5, 0.6) is 0 Å². The zero-order valence-corrected chi connectivity index (χ0v) is 15.1. The molecule has 134 valence electrons. The van der Waals surface area contributed by atoms with Crippen LogP contribution in [0.1, 0.15) is 28.8 Å². The van der Waals surface area contributed by atoms with Gasteiger partial charge in [-0.3, -0.25) is 4.79 Å². The number of piperidine rings is 1. The number of H-pyrrole nitrogens is 1. The predicted molar refractivity (Wildman–Crippen MR) is 106 cm³/mol. The van der Waals surface area contributed by atoms with Crippen LogP contribution in [-0.4, -0.2) is 30.5 Å². The molecule has 2 heterocycles. The van der Waals surface area contributed by atoms with E-state index in [2.05, 4.69) is 58.9 Å². The Morgan fingerprint density at radius 1 is 1.08 bits per heavy atom. The first-order valence-corrected chi connectivity index (χ1v) is 9.38. The topological polar surface area (TPSA) is 56.9 Å². The summed E-state index contributed by atoms with van der Waals surface area (Å²) >= 11 is 0. The maximum atomic E-state index is 12.6. The number of rotatable bonds is 4. The highest BCUT2D eigenvalue weighted by molar-refractivity contribution is 6.07. The van der Waals surface area contributed by atoms with Gasteiger partial charge in [0.05, 0.1) is 5.56 Å². The summed E-state index contributed by atoms with van der Waals surface area (Å²) in [4.78, 5) is 15.9. The van der Waals surface area contributed by atoms with Crippen LogP contribution >= 0.6 is 0 Å². The Hall–Kier alpha value is -2.59. The van der Waals surface area contributed by atoms with Gasteiger partial charge in [-0.1, -0.05) is 42.0 Å². The van der Waals surface area contributed by atoms with E-state index in [1.807, 2.05) is 12.3 Å². The summed E-state index contributed by atoms with van der Waals surface area (Å²) in [7, 11) is 0. The zero-order valence-electron chi connectivity index (χ0n) is 15.1. The number of fused-ring (bicyclic) bond motifs is 1. The number of aromatic amines is 1. The number of nitrogens with one attached hydrogen (secondary N) is 3. The van der Waals surface area contributed by atoms with Crippen molar-refractivity contribution < 1.29 is 4.79 Å². The molecule has 0 aliphatic carbocycles.